The molecule has 2 aliphatic heterocycles. The Labute approximate surface area is 149 Å². The predicted octanol–water partition coefficient (Wildman–Crippen LogP) is 3.14. The van der Waals surface area contributed by atoms with E-state index in [0.29, 0.717) is 5.88 Å². The Morgan fingerprint density at radius 3 is 2.76 bits per heavy atom. The topological polar surface area (TPSA) is 46.6 Å². The number of nitrogens with one attached hydrogen (secondary N) is 1. The normalized spacial score (nSPS) is 19.8. The molecule has 1 spiro atoms. The van der Waals surface area contributed by atoms with Gasteiger partial charge in [-0.3, -0.25) is 0 Å². The largest absolute Gasteiger partial charge is 0.439 e. The van der Waals surface area contributed by atoms with Gasteiger partial charge in [0.05, 0.1) is 12.2 Å². The van der Waals surface area contributed by atoms with Gasteiger partial charge >= 0.3 is 0 Å². The van der Waals surface area contributed by atoms with E-state index in [2.05, 4.69) is 29.3 Å². The molecular formula is C20H25N3O2. The number of rotatable bonds is 3. The number of nitrogens with zero attached hydrogens (tertiary/aromatic N) is 2. The monoisotopic (exact) mass is 339 g/mol. The molecule has 3 heterocycles. The van der Waals surface area contributed by atoms with E-state index in [1.807, 2.05) is 30.3 Å². The van der Waals surface area contributed by atoms with Crippen LogP contribution in [0.1, 0.15) is 18.4 Å². The fraction of sp³-hybridized carbons (Fsp3) is 0.450. The van der Waals surface area contributed by atoms with Gasteiger partial charge in [0.1, 0.15) is 11.6 Å². The van der Waals surface area contributed by atoms with Crippen LogP contribution in [-0.4, -0.2) is 43.4 Å². The van der Waals surface area contributed by atoms with Crippen LogP contribution in [-0.2, 0) is 4.74 Å². The quantitative estimate of drug-likeness (QED) is 0.931. The van der Waals surface area contributed by atoms with Gasteiger partial charge in [-0.25, -0.2) is 0 Å². The molecule has 0 unspecified atom stereocenters. The summed E-state index contributed by atoms with van der Waals surface area (Å²) in [6.45, 7) is 6.72. The van der Waals surface area contributed by atoms with Gasteiger partial charge in [0.15, 0.2) is 0 Å². The molecule has 1 N–H and O–H groups in total. The highest BCUT2D eigenvalue weighted by Gasteiger charge is 2.37. The zero-order valence-electron chi connectivity index (χ0n) is 14.7. The summed E-state index contributed by atoms with van der Waals surface area (Å²) in [7, 11) is 0. The number of morpholine rings is 1. The smallest absolute Gasteiger partial charge is 0.221 e. The number of pyridine rings is 1. The Kier molecular flexibility index (Phi) is 4.59. The lowest BCUT2D eigenvalue weighted by atomic mass is 9.90. The highest BCUT2D eigenvalue weighted by atomic mass is 16.5. The summed E-state index contributed by atoms with van der Waals surface area (Å²) in [5.41, 5.74) is 1.20. The lowest BCUT2D eigenvalue weighted by Gasteiger charge is -2.44. The first-order valence-electron chi connectivity index (χ1n) is 9.04. The van der Waals surface area contributed by atoms with Gasteiger partial charge in [-0.2, -0.15) is 4.98 Å². The molecule has 0 atom stereocenters. The van der Waals surface area contributed by atoms with Gasteiger partial charge in [-0.1, -0.05) is 18.2 Å². The maximum Gasteiger partial charge on any atom is 0.221 e. The highest BCUT2D eigenvalue weighted by Crippen LogP contribution is 2.30. The van der Waals surface area contributed by atoms with Crippen LogP contribution in [0, 0.1) is 6.92 Å². The van der Waals surface area contributed by atoms with E-state index in [4.69, 9.17) is 14.5 Å². The van der Waals surface area contributed by atoms with E-state index in [0.717, 1.165) is 57.2 Å². The fourth-order valence-electron chi connectivity index (χ4n) is 3.61. The summed E-state index contributed by atoms with van der Waals surface area (Å²) in [4.78, 5) is 7.03. The second-order valence-corrected chi connectivity index (χ2v) is 6.95. The van der Waals surface area contributed by atoms with Crippen molar-refractivity contribution >= 4 is 5.82 Å². The summed E-state index contributed by atoms with van der Waals surface area (Å²) in [5.74, 6) is 2.44. The van der Waals surface area contributed by atoms with E-state index in [1.165, 1.54) is 5.56 Å². The summed E-state index contributed by atoms with van der Waals surface area (Å²) in [6, 6.07) is 14.0. The van der Waals surface area contributed by atoms with Crippen LogP contribution in [0.15, 0.2) is 42.5 Å². The molecule has 0 amide bonds. The predicted molar refractivity (Wildman–Crippen MR) is 98.5 cm³/mol. The highest BCUT2D eigenvalue weighted by molar-refractivity contribution is 5.42. The third-order valence-electron chi connectivity index (χ3n) is 5.05. The van der Waals surface area contributed by atoms with E-state index in [9.17, 15) is 0 Å². The zero-order chi connectivity index (χ0) is 17.1. The van der Waals surface area contributed by atoms with Crippen molar-refractivity contribution in [3.63, 3.8) is 0 Å². The van der Waals surface area contributed by atoms with Crippen LogP contribution in [0.25, 0.3) is 0 Å². The Morgan fingerprint density at radius 1 is 1.16 bits per heavy atom. The Hall–Kier alpha value is -2.11. The first kappa shape index (κ1) is 16.4. The number of piperidine rings is 1. The molecule has 5 nitrogen and oxygen atoms in total. The van der Waals surface area contributed by atoms with E-state index < -0.39 is 0 Å². The number of hydrogen-bond acceptors (Lipinski definition) is 5. The second kappa shape index (κ2) is 7.02. The van der Waals surface area contributed by atoms with Crippen LogP contribution in [0.3, 0.4) is 0 Å². The number of benzene rings is 1. The second-order valence-electron chi connectivity index (χ2n) is 6.95. The molecule has 2 saturated heterocycles. The van der Waals surface area contributed by atoms with Gasteiger partial charge in [0.25, 0.3) is 0 Å². The summed E-state index contributed by atoms with van der Waals surface area (Å²) in [5, 5.41) is 3.46. The third-order valence-corrected chi connectivity index (χ3v) is 5.05. The molecule has 2 fully saturated rings. The molecule has 0 aliphatic carbocycles. The van der Waals surface area contributed by atoms with Crippen LogP contribution < -0.4 is 15.0 Å². The molecule has 1 aromatic carbocycles. The first-order chi connectivity index (χ1) is 12.2. The minimum Gasteiger partial charge on any atom is -0.439 e. The van der Waals surface area contributed by atoms with Crippen molar-refractivity contribution in [3.05, 3.63) is 48.0 Å². The van der Waals surface area contributed by atoms with Crippen molar-refractivity contribution in [2.24, 2.45) is 0 Å². The Balaban J connectivity index is 1.43. The van der Waals surface area contributed by atoms with Crippen molar-refractivity contribution in [2.75, 3.05) is 37.7 Å². The van der Waals surface area contributed by atoms with Crippen molar-refractivity contribution < 1.29 is 9.47 Å². The lowest BCUT2D eigenvalue weighted by molar-refractivity contribution is -0.0800. The minimum atomic E-state index is 0.0183. The van der Waals surface area contributed by atoms with Crippen LogP contribution in [0.4, 0.5) is 5.82 Å². The van der Waals surface area contributed by atoms with Gasteiger partial charge < -0.3 is 19.7 Å². The average molecular weight is 339 g/mol. The van der Waals surface area contributed by atoms with Crippen LogP contribution in [0.2, 0.25) is 0 Å². The van der Waals surface area contributed by atoms with Crippen molar-refractivity contribution in [1.29, 1.82) is 0 Å². The average Bonchev–Trinajstić information content (AvgIpc) is 2.63. The number of hydrogen-bond donors (Lipinski definition) is 1. The third kappa shape index (κ3) is 3.78. The molecule has 25 heavy (non-hydrogen) atoms. The number of aryl methyl sites for hydroxylation is 1. The van der Waals surface area contributed by atoms with Gasteiger partial charge in [0, 0.05) is 32.2 Å². The molecule has 0 radical (unpaired) electrons. The van der Waals surface area contributed by atoms with Gasteiger partial charge in [-0.15, -0.1) is 0 Å². The molecule has 5 heteroatoms. The number of anilines is 1. The van der Waals surface area contributed by atoms with Gasteiger partial charge in [-0.05, 0) is 43.5 Å². The maximum absolute atomic E-state index is 6.07. The fourth-order valence-corrected chi connectivity index (χ4v) is 3.61. The lowest BCUT2D eigenvalue weighted by Crippen LogP contribution is -2.55. The molecule has 0 saturated carbocycles. The van der Waals surface area contributed by atoms with E-state index in [-0.39, 0.29) is 5.60 Å². The van der Waals surface area contributed by atoms with Crippen LogP contribution in [0.5, 0.6) is 11.6 Å². The number of aromatic nitrogens is 1. The molecule has 2 aliphatic rings. The molecule has 0 bridgehead atoms. The van der Waals surface area contributed by atoms with E-state index in [1.54, 1.807) is 0 Å². The molecule has 4 rings (SSSR count). The summed E-state index contributed by atoms with van der Waals surface area (Å²) < 4.78 is 12.0. The van der Waals surface area contributed by atoms with Crippen LogP contribution >= 0.6 is 0 Å². The number of ether oxygens (including phenoxy) is 2. The standard InChI is InChI=1S/C20H25N3O2/c1-16-4-2-5-17(14-16)25-19-7-3-6-18(22-19)23-11-8-20(9-12-23)15-21-10-13-24-20/h2-7,14,21H,8-13,15H2,1H3. The molecular weight excluding hydrogens is 314 g/mol. The molecule has 2 aromatic rings. The summed E-state index contributed by atoms with van der Waals surface area (Å²) >= 11 is 0. The first-order valence-corrected chi connectivity index (χ1v) is 9.04. The zero-order valence-corrected chi connectivity index (χ0v) is 14.7. The summed E-state index contributed by atoms with van der Waals surface area (Å²) in [6.07, 6.45) is 2.06. The van der Waals surface area contributed by atoms with Crippen molar-refractivity contribution in [3.8, 4) is 11.6 Å². The SMILES string of the molecule is Cc1cccc(Oc2cccc(N3CCC4(CC3)CNCCO4)n2)c1. The maximum atomic E-state index is 6.07. The molecule has 1 aromatic heterocycles. The van der Waals surface area contributed by atoms with Crippen molar-refractivity contribution in [1.82, 2.24) is 10.3 Å². The van der Waals surface area contributed by atoms with E-state index >= 15 is 0 Å². The molecule has 132 valence electrons. The minimum absolute atomic E-state index is 0.0183. The van der Waals surface area contributed by atoms with Crippen molar-refractivity contribution in [2.45, 2.75) is 25.4 Å². The Bertz CT molecular complexity index is 718. The van der Waals surface area contributed by atoms with Gasteiger partial charge in [0.2, 0.25) is 5.88 Å². The Morgan fingerprint density at radius 2 is 2.00 bits per heavy atom.